The molecule has 0 aromatic carbocycles. The number of anilines is 1. The van der Waals surface area contributed by atoms with Crippen molar-refractivity contribution in [2.75, 3.05) is 18.9 Å². The monoisotopic (exact) mass is 238 g/mol. The van der Waals surface area contributed by atoms with Gasteiger partial charge in [0.05, 0.1) is 12.2 Å². The number of likely N-dealkylation sites (N-methyl/N-ethyl adjacent to an activating group) is 1. The van der Waals surface area contributed by atoms with Crippen LogP contribution in [0.25, 0.3) is 6.08 Å². The Morgan fingerprint density at radius 1 is 1.35 bits per heavy atom. The number of hydrogen-bond acceptors (Lipinski definition) is 3. The first-order valence-corrected chi connectivity index (χ1v) is 5.36. The number of amides is 1. The molecule has 94 valence electrons. The van der Waals surface area contributed by atoms with Gasteiger partial charge in [0.25, 0.3) is 5.56 Å². The zero-order chi connectivity index (χ0) is 13.0. The van der Waals surface area contributed by atoms with Gasteiger partial charge in [-0.3, -0.25) is 19.0 Å². The lowest BCUT2D eigenvalue weighted by Gasteiger charge is -2.04. The van der Waals surface area contributed by atoms with Gasteiger partial charge in [0.15, 0.2) is 0 Å². The lowest BCUT2D eigenvalue weighted by atomic mass is 10.3. The highest BCUT2D eigenvalue weighted by molar-refractivity contribution is 5.81. The van der Waals surface area contributed by atoms with E-state index in [0.717, 1.165) is 5.69 Å². The minimum atomic E-state index is -0.165. The molecule has 0 saturated carbocycles. The van der Waals surface area contributed by atoms with Crippen LogP contribution in [0.4, 0.5) is 5.69 Å². The topological polar surface area (TPSA) is 68.1 Å². The van der Waals surface area contributed by atoms with Crippen LogP contribution in [0.1, 0.15) is 12.6 Å². The van der Waals surface area contributed by atoms with E-state index < -0.39 is 0 Å². The fourth-order valence-corrected chi connectivity index (χ4v) is 1.50. The summed E-state index contributed by atoms with van der Waals surface area (Å²) in [6.07, 6.45) is 3.67. The third-order valence-corrected chi connectivity index (χ3v) is 2.59. The largest absolute Gasteiger partial charge is 0.370 e. The zero-order valence-corrected chi connectivity index (χ0v) is 10.6. The van der Waals surface area contributed by atoms with Gasteiger partial charge in [-0.1, -0.05) is 6.08 Å². The highest BCUT2D eigenvalue weighted by Gasteiger charge is 2.13. The van der Waals surface area contributed by atoms with E-state index in [9.17, 15) is 9.59 Å². The number of carbonyl (C=O) groups is 1. The van der Waals surface area contributed by atoms with Crippen molar-refractivity contribution in [1.29, 1.82) is 0 Å². The second-order valence-corrected chi connectivity index (χ2v) is 3.64. The van der Waals surface area contributed by atoms with Gasteiger partial charge in [-0.15, -0.1) is 0 Å². The fraction of sp³-hybridized carbons (Fsp3) is 0.455. The lowest BCUT2D eigenvalue weighted by molar-refractivity contribution is -0.118. The van der Waals surface area contributed by atoms with Gasteiger partial charge in [-0.05, 0) is 13.0 Å². The molecule has 0 radical (unpaired) electrons. The molecule has 1 amide bonds. The van der Waals surface area contributed by atoms with Crippen molar-refractivity contribution in [3.05, 3.63) is 22.1 Å². The van der Waals surface area contributed by atoms with Crippen LogP contribution in [0.15, 0.2) is 10.9 Å². The summed E-state index contributed by atoms with van der Waals surface area (Å²) in [7, 11) is 5.03. The van der Waals surface area contributed by atoms with Crippen molar-refractivity contribution in [1.82, 2.24) is 14.7 Å². The van der Waals surface area contributed by atoms with Crippen molar-refractivity contribution < 1.29 is 4.79 Å². The average molecular weight is 238 g/mol. The van der Waals surface area contributed by atoms with Crippen molar-refractivity contribution in [3.8, 4) is 0 Å². The minimum Gasteiger partial charge on any atom is -0.370 e. The second kappa shape index (κ2) is 5.38. The number of hydrogen-bond donors (Lipinski definition) is 2. The van der Waals surface area contributed by atoms with Crippen LogP contribution in [0, 0.1) is 0 Å². The maximum atomic E-state index is 11.9. The molecule has 6 heteroatoms. The Labute approximate surface area is 99.9 Å². The summed E-state index contributed by atoms with van der Waals surface area (Å²) in [5.41, 5.74) is 1.05. The molecule has 1 rings (SSSR count). The normalized spacial score (nSPS) is 10.8. The van der Waals surface area contributed by atoms with E-state index in [4.69, 9.17) is 0 Å². The molecule has 0 aliphatic heterocycles. The van der Waals surface area contributed by atoms with Gasteiger partial charge in [-0.25, -0.2) is 0 Å². The maximum absolute atomic E-state index is 11.9. The fourth-order valence-electron chi connectivity index (χ4n) is 1.50. The van der Waals surface area contributed by atoms with Gasteiger partial charge < -0.3 is 10.6 Å². The summed E-state index contributed by atoms with van der Waals surface area (Å²) < 4.78 is 3.22. The molecule has 0 unspecified atom stereocenters. The van der Waals surface area contributed by atoms with Gasteiger partial charge in [0.2, 0.25) is 5.91 Å². The van der Waals surface area contributed by atoms with Gasteiger partial charge in [0.1, 0.15) is 5.69 Å². The number of rotatable bonds is 4. The van der Waals surface area contributed by atoms with E-state index in [1.165, 1.54) is 4.68 Å². The number of aromatic nitrogens is 2. The van der Waals surface area contributed by atoms with Crippen LogP contribution in [-0.4, -0.2) is 28.9 Å². The van der Waals surface area contributed by atoms with E-state index in [1.807, 2.05) is 19.1 Å². The van der Waals surface area contributed by atoms with E-state index in [0.29, 0.717) is 5.69 Å². The predicted molar refractivity (Wildman–Crippen MR) is 67.9 cm³/mol. The first-order chi connectivity index (χ1) is 8.02. The molecule has 0 aliphatic carbocycles. The second-order valence-electron chi connectivity index (χ2n) is 3.64. The molecule has 0 fully saturated rings. The Bertz CT molecular complexity index is 496. The van der Waals surface area contributed by atoms with Crippen LogP contribution < -0.4 is 16.2 Å². The van der Waals surface area contributed by atoms with E-state index >= 15 is 0 Å². The molecule has 0 spiro atoms. The third kappa shape index (κ3) is 2.58. The molecule has 1 aromatic rings. The molecule has 0 atom stereocenters. The standard InChI is InChI=1S/C11H18N4O2/c1-5-6-8-10(13-7-9(16)12-2)11(17)15(4)14(8)3/h5-6,13H,7H2,1-4H3,(H,12,16)/b6-5+. The molecule has 2 N–H and O–H groups in total. The Balaban J connectivity index is 3.09. The predicted octanol–water partition coefficient (Wildman–Crippen LogP) is -0.0852. The smallest absolute Gasteiger partial charge is 0.290 e. The Morgan fingerprint density at radius 3 is 2.53 bits per heavy atom. The average Bonchev–Trinajstić information content (AvgIpc) is 2.52. The molecule has 17 heavy (non-hydrogen) atoms. The zero-order valence-electron chi connectivity index (χ0n) is 10.6. The number of allylic oxidation sites excluding steroid dienone is 1. The van der Waals surface area contributed by atoms with Gasteiger partial charge in [0, 0.05) is 21.1 Å². The third-order valence-electron chi connectivity index (χ3n) is 2.59. The first-order valence-electron chi connectivity index (χ1n) is 5.36. The number of nitrogens with zero attached hydrogens (tertiary/aromatic N) is 2. The summed E-state index contributed by atoms with van der Waals surface area (Å²) in [5.74, 6) is -0.165. The SMILES string of the molecule is C/C=C/c1c(NCC(=O)NC)c(=O)n(C)n1C. The summed E-state index contributed by atoms with van der Waals surface area (Å²) in [6.45, 7) is 1.96. The highest BCUT2D eigenvalue weighted by atomic mass is 16.2. The Morgan fingerprint density at radius 2 is 2.00 bits per heavy atom. The quantitative estimate of drug-likeness (QED) is 0.770. The van der Waals surface area contributed by atoms with Crippen LogP contribution >= 0.6 is 0 Å². The highest BCUT2D eigenvalue weighted by Crippen LogP contribution is 2.12. The molecule has 6 nitrogen and oxygen atoms in total. The van der Waals surface area contributed by atoms with Crippen LogP contribution in [0.3, 0.4) is 0 Å². The Hall–Kier alpha value is -1.98. The van der Waals surface area contributed by atoms with Crippen LogP contribution in [0.2, 0.25) is 0 Å². The van der Waals surface area contributed by atoms with E-state index in [1.54, 1.807) is 25.8 Å². The molecule has 0 aliphatic rings. The lowest BCUT2D eigenvalue weighted by Crippen LogP contribution is -2.28. The van der Waals surface area contributed by atoms with Crippen LogP contribution in [0.5, 0.6) is 0 Å². The van der Waals surface area contributed by atoms with Crippen LogP contribution in [-0.2, 0) is 18.9 Å². The maximum Gasteiger partial charge on any atom is 0.290 e. The van der Waals surface area contributed by atoms with Crippen molar-refractivity contribution in [3.63, 3.8) is 0 Å². The van der Waals surface area contributed by atoms with Gasteiger partial charge in [-0.2, -0.15) is 0 Å². The molecule has 0 bridgehead atoms. The minimum absolute atomic E-state index is 0.0836. The van der Waals surface area contributed by atoms with Crippen molar-refractivity contribution >= 4 is 17.7 Å². The summed E-state index contributed by atoms with van der Waals surface area (Å²) in [5, 5.41) is 5.35. The van der Waals surface area contributed by atoms with Crippen molar-refractivity contribution in [2.45, 2.75) is 6.92 Å². The molecule has 1 aromatic heterocycles. The number of nitrogens with one attached hydrogen (secondary N) is 2. The molecular weight excluding hydrogens is 220 g/mol. The number of carbonyl (C=O) groups excluding carboxylic acids is 1. The molecule has 0 saturated heterocycles. The molecular formula is C11H18N4O2. The summed E-state index contributed by atoms with van der Waals surface area (Å²) in [4.78, 5) is 23.1. The van der Waals surface area contributed by atoms with Crippen molar-refractivity contribution in [2.24, 2.45) is 14.1 Å². The summed E-state index contributed by atoms with van der Waals surface area (Å²) >= 11 is 0. The molecule has 1 heterocycles. The first kappa shape index (κ1) is 13.1. The Kier molecular flexibility index (Phi) is 4.14. The summed E-state index contributed by atoms with van der Waals surface area (Å²) in [6, 6.07) is 0. The van der Waals surface area contributed by atoms with E-state index in [2.05, 4.69) is 10.6 Å². The van der Waals surface area contributed by atoms with Gasteiger partial charge >= 0.3 is 0 Å². The van der Waals surface area contributed by atoms with E-state index in [-0.39, 0.29) is 18.0 Å².